The first kappa shape index (κ1) is 18.7. The molecule has 3 rings (SSSR count). The number of amides is 1. The van der Waals surface area contributed by atoms with Gasteiger partial charge in [-0.25, -0.2) is 0 Å². The molecule has 0 spiro atoms. The van der Waals surface area contributed by atoms with Crippen molar-refractivity contribution < 1.29 is 4.79 Å². The van der Waals surface area contributed by atoms with Gasteiger partial charge in [0.2, 0.25) is 5.91 Å². The quantitative estimate of drug-likeness (QED) is 0.615. The predicted octanol–water partition coefficient (Wildman–Crippen LogP) is 4.30. The Hall–Kier alpha value is -2.12. The Morgan fingerprint density at radius 1 is 1.27 bits per heavy atom. The third-order valence-electron chi connectivity index (χ3n) is 4.10. The molecule has 1 unspecified atom stereocenters. The predicted molar refractivity (Wildman–Crippen MR) is 107 cm³/mol. The number of carbonyl (C=O) groups excluding carboxylic acids is 1. The van der Waals surface area contributed by atoms with Gasteiger partial charge in [0.25, 0.3) is 0 Å². The Kier molecular flexibility index (Phi) is 6.11. The molecule has 26 heavy (non-hydrogen) atoms. The molecule has 0 aliphatic rings. The average molecular weight is 387 g/mol. The van der Waals surface area contributed by atoms with E-state index in [9.17, 15) is 4.79 Å². The third-order valence-corrected chi connectivity index (χ3v) is 6.12. The zero-order valence-corrected chi connectivity index (χ0v) is 16.7. The smallest absolute Gasteiger partial charge is 0.230 e. The van der Waals surface area contributed by atoms with E-state index in [0.29, 0.717) is 5.75 Å². The molecule has 0 aliphatic carbocycles. The van der Waals surface area contributed by atoms with Gasteiger partial charge in [-0.15, -0.1) is 21.5 Å². The Morgan fingerprint density at radius 3 is 2.77 bits per heavy atom. The molecule has 3 aromatic rings. The first-order chi connectivity index (χ1) is 12.6. The SMILES string of the molecule is CCn1c(SCC(=O)NC(C)c2cccs2)nnc1-c1ccccc1C. The van der Waals surface area contributed by atoms with E-state index in [1.54, 1.807) is 11.3 Å². The topological polar surface area (TPSA) is 59.8 Å². The summed E-state index contributed by atoms with van der Waals surface area (Å²) in [5.74, 6) is 1.17. The van der Waals surface area contributed by atoms with Gasteiger partial charge in [0.15, 0.2) is 11.0 Å². The minimum Gasteiger partial charge on any atom is -0.348 e. The van der Waals surface area contributed by atoms with Crippen molar-refractivity contribution in [3.05, 3.63) is 52.2 Å². The first-order valence-electron chi connectivity index (χ1n) is 8.55. The molecule has 136 valence electrons. The zero-order chi connectivity index (χ0) is 18.5. The van der Waals surface area contributed by atoms with Crippen molar-refractivity contribution in [2.24, 2.45) is 0 Å². The lowest BCUT2D eigenvalue weighted by Gasteiger charge is -2.12. The van der Waals surface area contributed by atoms with Crippen LogP contribution in [0.25, 0.3) is 11.4 Å². The van der Waals surface area contributed by atoms with E-state index in [4.69, 9.17) is 0 Å². The summed E-state index contributed by atoms with van der Waals surface area (Å²) in [5, 5.41) is 14.5. The van der Waals surface area contributed by atoms with Crippen LogP contribution in [0.5, 0.6) is 0 Å². The van der Waals surface area contributed by atoms with Crippen molar-refractivity contribution in [1.29, 1.82) is 0 Å². The fourth-order valence-corrected chi connectivity index (χ4v) is 4.27. The molecule has 0 radical (unpaired) electrons. The first-order valence-corrected chi connectivity index (χ1v) is 10.4. The van der Waals surface area contributed by atoms with Crippen molar-refractivity contribution in [1.82, 2.24) is 20.1 Å². The van der Waals surface area contributed by atoms with Gasteiger partial charge in [0, 0.05) is 17.0 Å². The highest BCUT2D eigenvalue weighted by atomic mass is 32.2. The monoisotopic (exact) mass is 386 g/mol. The Morgan fingerprint density at radius 2 is 2.08 bits per heavy atom. The van der Waals surface area contributed by atoms with Crippen molar-refractivity contribution in [3.63, 3.8) is 0 Å². The minimum absolute atomic E-state index is 0.000931. The van der Waals surface area contributed by atoms with Gasteiger partial charge < -0.3 is 9.88 Å². The van der Waals surface area contributed by atoms with Gasteiger partial charge in [-0.1, -0.05) is 42.1 Å². The highest BCUT2D eigenvalue weighted by Crippen LogP contribution is 2.26. The van der Waals surface area contributed by atoms with Crippen LogP contribution in [0.4, 0.5) is 0 Å². The fourth-order valence-electron chi connectivity index (χ4n) is 2.73. The zero-order valence-electron chi connectivity index (χ0n) is 15.1. The molecular weight excluding hydrogens is 364 g/mol. The normalized spacial score (nSPS) is 12.1. The summed E-state index contributed by atoms with van der Waals surface area (Å²) in [5.41, 5.74) is 2.23. The van der Waals surface area contributed by atoms with Crippen LogP contribution in [0.15, 0.2) is 46.9 Å². The number of carbonyl (C=O) groups is 1. The molecule has 0 saturated carbocycles. The Bertz CT molecular complexity index is 874. The molecule has 1 N–H and O–H groups in total. The maximum Gasteiger partial charge on any atom is 0.230 e. The van der Waals surface area contributed by atoms with Crippen molar-refractivity contribution >= 4 is 29.0 Å². The molecule has 0 saturated heterocycles. The molecule has 2 aromatic heterocycles. The fraction of sp³-hybridized carbons (Fsp3) is 0.316. The van der Waals surface area contributed by atoms with Gasteiger partial charge in [0.1, 0.15) is 0 Å². The second-order valence-corrected chi connectivity index (χ2v) is 7.88. The number of rotatable bonds is 7. The molecule has 1 aromatic carbocycles. The lowest BCUT2D eigenvalue weighted by Crippen LogP contribution is -2.27. The van der Waals surface area contributed by atoms with E-state index >= 15 is 0 Å². The summed E-state index contributed by atoms with van der Waals surface area (Å²) in [6.07, 6.45) is 0. The molecule has 5 nitrogen and oxygen atoms in total. The summed E-state index contributed by atoms with van der Waals surface area (Å²) in [7, 11) is 0. The molecule has 0 bridgehead atoms. The maximum atomic E-state index is 12.3. The van der Waals surface area contributed by atoms with Gasteiger partial charge in [0.05, 0.1) is 11.8 Å². The van der Waals surface area contributed by atoms with E-state index in [-0.39, 0.29) is 11.9 Å². The number of benzene rings is 1. The summed E-state index contributed by atoms with van der Waals surface area (Å²) >= 11 is 3.07. The molecule has 7 heteroatoms. The second kappa shape index (κ2) is 8.51. The summed E-state index contributed by atoms with van der Waals surface area (Å²) < 4.78 is 2.06. The van der Waals surface area contributed by atoms with Crippen LogP contribution in [0.2, 0.25) is 0 Å². The summed E-state index contributed by atoms with van der Waals surface area (Å²) in [6.45, 7) is 6.88. The van der Waals surface area contributed by atoms with E-state index in [0.717, 1.165) is 33.5 Å². The van der Waals surface area contributed by atoms with Crippen LogP contribution in [0.1, 0.15) is 30.3 Å². The highest BCUT2D eigenvalue weighted by molar-refractivity contribution is 7.99. The average Bonchev–Trinajstić information content (AvgIpc) is 3.30. The molecule has 1 atom stereocenters. The summed E-state index contributed by atoms with van der Waals surface area (Å²) in [4.78, 5) is 13.4. The number of thiophene rings is 1. The van der Waals surface area contributed by atoms with Crippen LogP contribution < -0.4 is 5.32 Å². The Balaban J connectivity index is 1.67. The number of aromatic nitrogens is 3. The second-order valence-electron chi connectivity index (χ2n) is 5.96. The van der Waals surface area contributed by atoms with E-state index in [1.807, 2.05) is 36.6 Å². The van der Waals surface area contributed by atoms with E-state index in [1.165, 1.54) is 11.8 Å². The minimum atomic E-state index is -0.000931. The third kappa shape index (κ3) is 4.16. The van der Waals surface area contributed by atoms with E-state index in [2.05, 4.69) is 46.1 Å². The molecular formula is C19H22N4OS2. The highest BCUT2D eigenvalue weighted by Gasteiger charge is 2.16. The Labute approximate surface area is 161 Å². The van der Waals surface area contributed by atoms with Gasteiger partial charge in [-0.05, 0) is 37.8 Å². The number of nitrogens with one attached hydrogen (secondary N) is 1. The largest absolute Gasteiger partial charge is 0.348 e. The molecule has 1 amide bonds. The van der Waals surface area contributed by atoms with Gasteiger partial charge in [-0.2, -0.15) is 0 Å². The van der Waals surface area contributed by atoms with Crippen molar-refractivity contribution in [2.75, 3.05) is 5.75 Å². The standard InChI is InChI=1S/C19H22N4OS2/c1-4-23-18(15-9-6-5-8-13(15)2)21-22-19(23)26-12-17(24)20-14(3)16-10-7-11-25-16/h5-11,14H,4,12H2,1-3H3,(H,20,24). The van der Waals surface area contributed by atoms with Crippen molar-refractivity contribution in [3.8, 4) is 11.4 Å². The van der Waals surface area contributed by atoms with Gasteiger partial charge in [-0.3, -0.25) is 4.79 Å². The van der Waals surface area contributed by atoms with Crippen LogP contribution in [-0.2, 0) is 11.3 Å². The number of nitrogens with zero attached hydrogens (tertiary/aromatic N) is 3. The van der Waals surface area contributed by atoms with Crippen LogP contribution >= 0.6 is 23.1 Å². The number of hydrogen-bond acceptors (Lipinski definition) is 5. The molecule has 0 fully saturated rings. The lowest BCUT2D eigenvalue weighted by molar-refractivity contribution is -0.119. The number of thioether (sulfide) groups is 1. The molecule has 2 heterocycles. The lowest BCUT2D eigenvalue weighted by atomic mass is 10.1. The summed E-state index contributed by atoms with van der Waals surface area (Å²) in [6, 6.07) is 12.2. The number of aryl methyl sites for hydroxylation is 1. The van der Waals surface area contributed by atoms with Gasteiger partial charge >= 0.3 is 0 Å². The maximum absolute atomic E-state index is 12.3. The van der Waals surface area contributed by atoms with Crippen LogP contribution in [0.3, 0.4) is 0 Å². The molecule has 0 aliphatic heterocycles. The van der Waals surface area contributed by atoms with E-state index < -0.39 is 0 Å². The van der Waals surface area contributed by atoms with Crippen molar-refractivity contribution in [2.45, 2.75) is 38.5 Å². The van der Waals surface area contributed by atoms with Crippen LogP contribution in [-0.4, -0.2) is 26.4 Å². The number of hydrogen-bond donors (Lipinski definition) is 1. The van der Waals surface area contributed by atoms with Crippen LogP contribution in [0, 0.1) is 6.92 Å².